The molecule has 1 N–H and O–H groups in total. The smallest absolute Gasteiger partial charge is 0.317 e. The van der Waals surface area contributed by atoms with E-state index in [9.17, 15) is 9.90 Å². The molecule has 0 aliphatic heterocycles. The van der Waals surface area contributed by atoms with E-state index < -0.39 is 5.97 Å². The first-order valence-corrected chi connectivity index (χ1v) is 13.4. The van der Waals surface area contributed by atoms with Crippen LogP contribution in [-0.2, 0) is 24.3 Å². The lowest BCUT2D eigenvalue weighted by atomic mass is 10.2. The highest BCUT2D eigenvalue weighted by molar-refractivity contribution is 5.69. The zero-order chi connectivity index (χ0) is 28.4. The molecule has 0 atom stereocenters. The van der Waals surface area contributed by atoms with Gasteiger partial charge in [-0.2, -0.15) is 0 Å². The zero-order valence-electron chi connectivity index (χ0n) is 22.8. The first kappa shape index (κ1) is 27.6. The molecule has 0 saturated carbocycles. The average molecular weight is 550 g/mol. The fourth-order valence-electron chi connectivity index (χ4n) is 4.41. The fourth-order valence-corrected chi connectivity index (χ4v) is 4.41. The summed E-state index contributed by atoms with van der Waals surface area (Å²) < 4.78 is 17.6. The summed E-state index contributed by atoms with van der Waals surface area (Å²) >= 11 is 0. The van der Waals surface area contributed by atoms with E-state index >= 15 is 0 Å². The number of aliphatic carboxylic acids is 1. The van der Waals surface area contributed by atoms with Crippen LogP contribution in [0.3, 0.4) is 0 Å². The Balaban J connectivity index is 1.16. The summed E-state index contributed by atoms with van der Waals surface area (Å²) in [4.78, 5) is 22.5. The standard InChI is InChI=1S/C33H31N3O5/c1-24-30(35-33(40-24)27-10-4-2-5-11-27)17-18-39-31-16-15-26(20-34-31)22-36(23-32(37)38)21-25-9-8-14-29(19-25)41-28-12-6-3-7-13-28/h2-16,19-20H,17-18,21-23H2,1H3,(H,37,38). The van der Waals surface area contributed by atoms with Gasteiger partial charge in [-0.1, -0.05) is 54.6 Å². The van der Waals surface area contributed by atoms with E-state index in [2.05, 4.69) is 9.97 Å². The van der Waals surface area contributed by atoms with E-state index in [1.165, 1.54) is 0 Å². The van der Waals surface area contributed by atoms with E-state index in [1.807, 2.05) is 103 Å². The number of hydrogen-bond donors (Lipinski definition) is 1. The van der Waals surface area contributed by atoms with Crippen LogP contribution in [0.5, 0.6) is 17.4 Å². The number of nitrogens with zero attached hydrogens (tertiary/aromatic N) is 3. The topological polar surface area (TPSA) is 97.9 Å². The summed E-state index contributed by atoms with van der Waals surface area (Å²) in [5.41, 5.74) is 3.62. The molecule has 0 bridgehead atoms. The maximum absolute atomic E-state index is 11.6. The summed E-state index contributed by atoms with van der Waals surface area (Å²) in [5.74, 6) is 2.41. The predicted molar refractivity (Wildman–Crippen MR) is 155 cm³/mol. The lowest BCUT2D eigenvalue weighted by molar-refractivity contribution is -0.138. The van der Waals surface area contributed by atoms with E-state index in [0.29, 0.717) is 43.6 Å². The van der Waals surface area contributed by atoms with Crippen LogP contribution in [0.4, 0.5) is 0 Å². The third-order valence-electron chi connectivity index (χ3n) is 6.35. The van der Waals surface area contributed by atoms with Gasteiger partial charge < -0.3 is 19.0 Å². The van der Waals surface area contributed by atoms with Crippen molar-refractivity contribution >= 4 is 5.97 Å². The van der Waals surface area contributed by atoms with Crippen molar-refractivity contribution < 1.29 is 23.8 Å². The molecule has 8 nitrogen and oxygen atoms in total. The number of hydrogen-bond acceptors (Lipinski definition) is 7. The summed E-state index contributed by atoms with van der Waals surface area (Å²) in [6.07, 6.45) is 2.30. The summed E-state index contributed by atoms with van der Waals surface area (Å²) in [5, 5.41) is 9.50. The van der Waals surface area contributed by atoms with Crippen LogP contribution < -0.4 is 9.47 Å². The molecule has 5 rings (SSSR count). The van der Waals surface area contributed by atoms with Crippen LogP contribution in [0.25, 0.3) is 11.5 Å². The third-order valence-corrected chi connectivity index (χ3v) is 6.35. The number of oxazole rings is 1. The minimum atomic E-state index is -0.895. The van der Waals surface area contributed by atoms with Crippen molar-refractivity contribution in [3.63, 3.8) is 0 Å². The Hall–Kier alpha value is -4.95. The Morgan fingerprint density at radius 1 is 0.878 bits per heavy atom. The van der Waals surface area contributed by atoms with E-state index in [-0.39, 0.29) is 6.54 Å². The molecule has 0 unspecified atom stereocenters. The minimum Gasteiger partial charge on any atom is -0.480 e. The van der Waals surface area contributed by atoms with Gasteiger partial charge in [0.25, 0.3) is 0 Å². The van der Waals surface area contributed by atoms with Crippen LogP contribution in [0, 0.1) is 6.92 Å². The summed E-state index contributed by atoms with van der Waals surface area (Å²) in [6, 6.07) is 30.7. The Morgan fingerprint density at radius 3 is 2.34 bits per heavy atom. The highest BCUT2D eigenvalue weighted by Gasteiger charge is 2.14. The maximum atomic E-state index is 11.6. The average Bonchev–Trinajstić information content (AvgIpc) is 3.35. The Morgan fingerprint density at radius 2 is 1.61 bits per heavy atom. The second kappa shape index (κ2) is 13.4. The summed E-state index contributed by atoms with van der Waals surface area (Å²) in [7, 11) is 0. The number of carbonyl (C=O) groups is 1. The van der Waals surface area contributed by atoms with Crippen LogP contribution >= 0.6 is 0 Å². The fraction of sp³-hybridized carbons (Fsp3) is 0.182. The molecule has 2 heterocycles. The molecule has 0 amide bonds. The van der Waals surface area contributed by atoms with Gasteiger partial charge in [0.1, 0.15) is 17.3 Å². The highest BCUT2D eigenvalue weighted by atomic mass is 16.5. The number of ether oxygens (including phenoxy) is 2. The molecular formula is C33H31N3O5. The summed E-state index contributed by atoms with van der Waals surface area (Å²) in [6.45, 7) is 3.06. The highest BCUT2D eigenvalue weighted by Crippen LogP contribution is 2.24. The Kier molecular flexibility index (Phi) is 9.03. The molecule has 208 valence electrons. The predicted octanol–water partition coefficient (Wildman–Crippen LogP) is 6.55. The van der Waals surface area contributed by atoms with E-state index in [0.717, 1.165) is 33.9 Å². The molecule has 0 spiro atoms. The van der Waals surface area contributed by atoms with Crippen LogP contribution in [0.2, 0.25) is 0 Å². The Labute approximate surface area is 238 Å². The molecule has 8 heteroatoms. The van der Waals surface area contributed by atoms with Gasteiger partial charge in [-0.05, 0) is 54.4 Å². The molecular weight excluding hydrogens is 518 g/mol. The zero-order valence-corrected chi connectivity index (χ0v) is 22.8. The molecule has 0 aliphatic carbocycles. The normalized spacial score (nSPS) is 11.0. The molecule has 0 saturated heterocycles. The van der Waals surface area contributed by atoms with Crippen molar-refractivity contribution in [3.05, 3.63) is 126 Å². The van der Waals surface area contributed by atoms with E-state index in [4.69, 9.17) is 13.9 Å². The van der Waals surface area contributed by atoms with Gasteiger partial charge in [0.15, 0.2) is 0 Å². The SMILES string of the molecule is Cc1oc(-c2ccccc2)nc1CCOc1ccc(CN(CC(=O)O)Cc2cccc(Oc3ccccc3)c2)cn1. The Bertz CT molecular complexity index is 1550. The maximum Gasteiger partial charge on any atom is 0.317 e. The number of aromatic nitrogens is 2. The largest absolute Gasteiger partial charge is 0.480 e. The molecule has 2 aromatic heterocycles. The number of aryl methyl sites for hydroxylation is 1. The van der Waals surface area contributed by atoms with Crippen LogP contribution in [0.15, 0.2) is 108 Å². The van der Waals surface area contributed by atoms with Gasteiger partial charge in [0, 0.05) is 37.3 Å². The third kappa shape index (κ3) is 8.03. The number of para-hydroxylation sites is 1. The van der Waals surface area contributed by atoms with Crippen molar-refractivity contribution in [2.75, 3.05) is 13.2 Å². The quantitative estimate of drug-likeness (QED) is 0.177. The minimum absolute atomic E-state index is 0.107. The van der Waals surface area contributed by atoms with E-state index in [1.54, 1.807) is 12.3 Å². The first-order chi connectivity index (χ1) is 20.0. The van der Waals surface area contributed by atoms with Gasteiger partial charge in [0.05, 0.1) is 18.8 Å². The molecule has 41 heavy (non-hydrogen) atoms. The van der Waals surface area contributed by atoms with Crippen LogP contribution in [0.1, 0.15) is 22.6 Å². The molecule has 0 fully saturated rings. The van der Waals surface area contributed by atoms with Crippen molar-refractivity contribution in [3.8, 4) is 28.8 Å². The monoisotopic (exact) mass is 549 g/mol. The van der Waals surface area contributed by atoms with Crippen molar-refractivity contribution in [1.29, 1.82) is 0 Å². The number of benzene rings is 3. The number of carboxylic acids is 1. The molecule has 0 radical (unpaired) electrons. The molecule has 5 aromatic rings. The van der Waals surface area contributed by atoms with Crippen LogP contribution in [-0.4, -0.2) is 39.1 Å². The van der Waals surface area contributed by atoms with Gasteiger partial charge in [0.2, 0.25) is 11.8 Å². The van der Waals surface area contributed by atoms with Crippen molar-refractivity contribution in [1.82, 2.24) is 14.9 Å². The molecule has 3 aromatic carbocycles. The lowest BCUT2D eigenvalue weighted by Gasteiger charge is -2.21. The number of carboxylic acid groups (broad SMARTS) is 1. The number of pyridine rings is 1. The lowest BCUT2D eigenvalue weighted by Crippen LogP contribution is -2.29. The van der Waals surface area contributed by atoms with Gasteiger partial charge >= 0.3 is 5.97 Å². The van der Waals surface area contributed by atoms with Crippen molar-refractivity contribution in [2.24, 2.45) is 0 Å². The van der Waals surface area contributed by atoms with Gasteiger partial charge in [-0.25, -0.2) is 9.97 Å². The second-order valence-corrected chi connectivity index (χ2v) is 9.59. The molecule has 0 aliphatic rings. The first-order valence-electron chi connectivity index (χ1n) is 13.4. The second-order valence-electron chi connectivity index (χ2n) is 9.59. The van der Waals surface area contributed by atoms with Gasteiger partial charge in [-0.15, -0.1) is 0 Å². The van der Waals surface area contributed by atoms with Crippen molar-refractivity contribution in [2.45, 2.75) is 26.4 Å². The number of rotatable bonds is 13. The van der Waals surface area contributed by atoms with Gasteiger partial charge in [-0.3, -0.25) is 9.69 Å².